The molecule has 0 fully saturated rings. The molecule has 0 radical (unpaired) electrons. The lowest BCUT2D eigenvalue weighted by atomic mass is 10.7. The second kappa shape index (κ2) is 5.63. The van der Waals surface area contributed by atoms with E-state index < -0.39 is 0 Å². The summed E-state index contributed by atoms with van der Waals surface area (Å²) in [7, 11) is 0. The molecule has 0 bridgehead atoms. The summed E-state index contributed by atoms with van der Waals surface area (Å²) in [4.78, 5) is 5.40. The highest BCUT2D eigenvalue weighted by Gasteiger charge is 1.82. The second-order valence-corrected chi connectivity index (χ2v) is 2.62. The molecule has 8 heavy (non-hydrogen) atoms. The minimum absolute atomic E-state index is 0.564. The van der Waals surface area contributed by atoms with Gasteiger partial charge >= 0.3 is 0 Å². The molecular weight excluding hydrogens is 254 g/mol. The molecule has 0 rings (SSSR count). The van der Waals surface area contributed by atoms with Gasteiger partial charge in [-0.25, -0.2) is 4.99 Å². The summed E-state index contributed by atoms with van der Waals surface area (Å²) in [6.45, 7) is 0.564. The Kier molecular flexibility index (Phi) is 5.99. The van der Waals surface area contributed by atoms with Crippen LogP contribution in [0, 0.1) is 0 Å². The molecule has 0 aromatic rings. The lowest BCUT2D eigenvalue weighted by Gasteiger charge is -1.82. The van der Waals surface area contributed by atoms with Crippen LogP contribution in [0.2, 0.25) is 0 Å². The lowest BCUT2D eigenvalue weighted by molar-refractivity contribution is 1.26. The fraction of sp³-hybridized carbons (Fsp3) is 0.250. The van der Waals surface area contributed by atoms with Crippen molar-refractivity contribution in [2.45, 2.75) is 0 Å². The van der Waals surface area contributed by atoms with Crippen molar-refractivity contribution in [1.29, 1.82) is 0 Å². The highest BCUT2D eigenvalue weighted by atomic mass is 79.9. The topological polar surface area (TPSA) is 12.4 Å². The molecule has 0 spiro atoms. The molecule has 0 heterocycles. The number of isothiocyanates is 1. The van der Waals surface area contributed by atoms with Crippen LogP contribution in [-0.2, 0) is 0 Å². The normalized spacial score (nSPS) is 10.5. The van der Waals surface area contributed by atoms with E-state index in [0.29, 0.717) is 6.54 Å². The smallest absolute Gasteiger partial charge is 0.0813 e. The van der Waals surface area contributed by atoms with Crippen LogP contribution in [-0.4, -0.2) is 11.7 Å². The third kappa shape index (κ3) is 4.65. The van der Waals surface area contributed by atoms with E-state index in [1.807, 2.05) is 0 Å². The van der Waals surface area contributed by atoms with E-state index >= 15 is 0 Å². The molecule has 0 aliphatic heterocycles. The van der Waals surface area contributed by atoms with Gasteiger partial charge in [0, 0.05) is 4.48 Å². The van der Waals surface area contributed by atoms with E-state index in [1.54, 1.807) is 4.99 Å². The van der Waals surface area contributed by atoms with Crippen molar-refractivity contribution < 1.29 is 0 Å². The van der Waals surface area contributed by atoms with Crippen molar-refractivity contribution in [3.8, 4) is 0 Å². The highest BCUT2D eigenvalue weighted by Crippen LogP contribution is 2.06. The number of thiocarbonyl (C=S) groups is 1. The van der Waals surface area contributed by atoms with Crippen molar-refractivity contribution in [3.63, 3.8) is 0 Å². The predicted octanol–water partition coefficient (Wildman–Crippen LogP) is 2.72. The largest absolute Gasteiger partial charge is 0.227 e. The zero-order valence-electron chi connectivity index (χ0n) is 3.90. The van der Waals surface area contributed by atoms with Crippen molar-refractivity contribution in [2.24, 2.45) is 4.99 Å². The summed E-state index contributed by atoms with van der Waals surface area (Å²) in [6, 6.07) is 0. The Labute approximate surface area is 70.1 Å². The maximum absolute atomic E-state index is 4.34. The van der Waals surface area contributed by atoms with Crippen molar-refractivity contribution in [3.05, 3.63) is 9.47 Å². The molecule has 0 saturated heterocycles. The highest BCUT2D eigenvalue weighted by molar-refractivity contribution is 9.14. The van der Waals surface area contributed by atoms with Gasteiger partial charge in [0.05, 0.1) is 11.7 Å². The molecule has 1 nitrogen and oxygen atoms in total. The Hall–Kier alpha value is 0.500. The molecule has 0 aromatic heterocycles. The second-order valence-electron chi connectivity index (χ2n) is 0.963. The molecule has 0 amide bonds. The van der Waals surface area contributed by atoms with Gasteiger partial charge in [0.1, 0.15) is 0 Å². The van der Waals surface area contributed by atoms with Gasteiger partial charge in [-0.15, -0.1) is 0 Å². The van der Waals surface area contributed by atoms with Gasteiger partial charge in [-0.2, -0.15) is 0 Å². The first kappa shape index (κ1) is 8.50. The monoisotopic (exact) mass is 255 g/mol. The van der Waals surface area contributed by atoms with Crippen LogP contribution in [0.3, 0.4) is 0 Å². The van der Waals surface area contributed by atoms with Crippen molar-refractivity contribution >= 4 is 49.2 Å². The zero-order chi connectivity index (χ0) is 6.41. The SMILES string of the molecule is S=C=NCC(Br)=CBr. The van der Waals surface area contributed by atoms with Gasteiger partial charge in [0.15, 0.2) is 0 Å². The van der Waals surface area contributed by atoms with Gasteiger partial charge in [0.25, 0.3) is 0 Å². The van der Waals surface area contributed by atoms with Crippen molar-refractivity contribution in [1.82, 2.24) is 0 Å². The molecular formula is C4H3Br2NS. The molecule has 44 valence electrons. The minimum Gasteiger partial charge on any atom is -0.227 e. The molecule has 0 aliphatic rings. The number of rotatable bonds is 2. The van der Waals surface area contributed by atoms with E-state index in [2.05, 4.69) is 54.2 Å². The Morgan fingerprint density at radius 3 is 2.88 bits per heavy atom. The van der Waals surface area contributed by atoms with E-state index in [-0.39, 0.29) is 0 Å². The average Bonchev–Trinajstić information content (AvgIpc) is 1.83. The Balaban J connectivity index is 3.55. The summed E-state index contributed by atoms with van der Waals surface area (Å²) < 4.78 is 0.954. The van der Waals surface area contributed by atoms with Crippen LogP contribution >= 0.6 is 44.1 Å². The van der Waals surface area contributed by atoms with Gasteiger partial charge in [-0.3, -0.25) is 0 Å². The van der Waals surface area contributed by atoms with Crippen LogP contribution in [0.1, 0.15) is 0 Å². The third-order valence-corrected chi connectivity index (χ3v) is 2.19. The maximum Gasteiger partial charge on any atom is 0.0813 e. The molecule has 0 N–H and O–H groups in total. The number of hydrogen-bond acceptors (Lipinski definition) is 2. The summed E-state index contributed by atoms with van der Waals surface area (Å²) in [5.74, 6) is 0. The first-order valence-electron chi connectivity index (χ1n) is 1.79. The predicted molar refractivity (Wildman–Crippen MR) is 45.8 cm³/mol. The average molecular weight is 257 g/mol. The minimum atomic E-state index is 0.564. The van der Waals surface area contributed by atoms with Crippen LogP contribution < -0.4 is 0 Å². The molecule has 0 unspecified atom stereocenters. The van der Waals surface area contributed by atoms with E-state index in [0.717, 1.165) is 4.48 Å². The standard InChI is InChI=1S/C4H3Br2NS/c5-1-4(6)2-7-3-8/h1H,2H2. The first-order valence-corrected chi connectivity index (χ1v) is 3.91. The quantitative estimate of drug-likeness (QED) is 0.547. The van der Waals surface area contributed by atoms with Crippen LogP contribution in [0.5, 0.6) is 0 Å². The summed E-state index contributed by atoms with van der Waals surface area (Å²) >= 11 is 10.7. The molecule has 0 atom stereocenters. The van der Waals surface area contributed by atoms with E-state index in [1.165, 1.54) is 0 Å². The number of nitrogens with zero attached hydrogens (tertiary/aromatic N) is 1. The molecule has 0 saturated carbocycles. The van der Waals surface area contributed by atoms with Crippen LogP contribution in [0.15, 0.2) is 14.5 Å². The Morgan fingerprint density at radius 1 is 1.88 bits per heavy atom. The molecule has 0 aliphatic carbocycles. The lowest BCUT2D eigenvalue weighted by Crippen LogP contribution is -1.73. The van der Waals surface area contributed by atoms with Crippen molar-refractivity contribution in [2.75, 3.05) is 6.54 Å². The summed E-state index contributed by atoms with van der Waals surface area (Å²) in [6.07, 6.45) is 0. The van der Waals surface area contributed by atoms with Gasteiger partial charge < -0.3 is 0 Å². The maximum atomic E-state index is 4.34. The Morgan fingerprint density at radius 2 is 2.50 bits per heavy atom. The number of hydrogen-bond donors (Lipinski definition) is 0. The molecule has 0 aromatic carbocycles. The fourth-order valence-corrected chi connectivity index (χ4v) is 0.477. The van der Waals surface area contributed by atoms with Crippen LogP contribution in [0.25, 0.3) is 0 Å². The van der Waals surface area contributed by atoms with E-state index in [4.69, 9.17) is 0 Å². The number of aliphatic imine (C=N–C) groups is 1. The van der Waals surface area contributed by atoms with Gasteiger partial charge in [-0.05, 0) is 17.2 Å². The van der Waals surface area contributed by atoms with E-state index in [9.17, 15) is 0 Å². The Bertz CT molecular complexity index is 137. The first-order chi connectivity index (χ1) is 3.81. The summed E-state index contributed by atoms with van der Waals surface area (Å²) in [5, 5.41) is 2.25. The summed E-state index contributed by atoms with van der Waals surface area (Å²) in [5.41, 5.74) is 0. The molecule has 4 heteroatoms. The number of halogens is 2. The zero-order valence-corrected chi connectivity index (χ0v) is 7.88. The van der Waals surface area contributed by atoms with Gasteiger partial charge in [-0.1, -0.05) is 31.9 Å². The van der Waals surface area contributed by atoms with Gasteiger partial charge in [0.2, 0.25) is 0 Å². The third-order valence-electron chi connectivity index (χ3n) is 0.413. The van der Waals surface area contributed by atoms with Crippen LogP contribution in [0.4, 0.5) is 0 Å². The fourth-order valence-electron chi connectivity index (χ4n) is 0.142.